The van der Waals surface area contributed by atoms with E-state index in [1.807, 2.05) is 24.3 Å². The fourth-order valence-electron chi connectivity index (χ4n) is 1.81. The van der Waals surface area contributed by atoms with E-state index >= 15 is 0 Å². The van der Waals surface area contributed by atoms with Gasteiger partial charge in [-0.2, -0.15) is 0 Å². The number of nitrogens with one attached hydrogen (secondary N) is 1. The molecule has 0 unspecified atom stereocenters. The predicted molar refractivity (Wildman–Crippen MR) is 79.1 cm³/mol. The van der Waals surface area contributed by atoms with Crippen molar-refractivity contribution in [2.75, 3.05) is 5.43 Å². The van der Waals surface area contributed by atoms with Gasteiger partial charge in [0.1, 0.15) is 12.4 Å². The molecule has 2 aromatic carbocycles. The van der Waals surface area contributed by atoms with Gasteiger partial charge in [0.05, 0.1) is 0 Å². The zero-order chi connectivity index (χ0) is 13.7. The summed E-state index contributed by atoms with van der Waals surface area (Å²) >= 11 is 0. The molecule has 0 amide bonds. The third-order valence-electron chi connectivity index (χ3n) is 3.07. The zero-order valence-electron chi connectivity index (χ0n) is 11.4. The Hall–Kier alpha value is -2.00. The lowest BCUT2D eigenvalue weighted by Crippen LogP contribution is -2.06. The summed E-state index contributed by atoms with van der Waals surface area (Å²) in [7, 11) is 0. The largest absolute Gasteiger partial charge is 0.489 e. The first-order chi connectivity index (χ1) is 9.19. The van der Waals surface area contributed by atoms with Crippen LogP contribution in [0.2, 0.25) is 0 Å². The Kier molecular flexibility index (Phi) is 4.42. The van der Waals surface area contributed by atoms with Crippen molar-refractivity contribution in [1.29, 1.82) is 0 Å². The molecule has 0 saturated heterocycles. The van der Waals surface area contributed by atoms with E-state index in [-0.39, 0.29) is 0 Å². The van der Waals surface area contributed by atoms with Crippen LogP contribution in [0.5, 0.6) is 5.75 Å². The summed E-state index contributed by atoms with van der Waals surface area (Å²) < 4.78 is 5.72. The van der Waals surface area contributed by atoms with Crippen LogP contribution in [0, 0.1) is 0 Å². The molecular weight excluding hydrogens is 236 g/mol. The van der Waals surface area contributed by atoms with Gasteiger partial charge in [-0.3, -0.25) is 5.84 Å². The number of nitrogen functional groups attached to an aromatic ring is 1. The van der Waals surface area contributed by atoms with Gasteiger partial charge in [-0.25, -0.2) is 0 Å². The average molecular weight is 256 g/mol. The molecule has 0 fully saturated rings. The summed E-state index contributed by atoms with van der Waals surface area (Å²) in [6.07, 6.45) is 0. The van der Waals surface area contributed by atoms with Crippen LogP contribution >= 0.6 is 0 Å². The van der Waals surface area contributed by atoms with E-state index in [4.69, 9.17) is 10.6 Å². The first-order valence-electron chi connectivity index (χ1n) is 6.47. The summed E-state index contributed by atoms with van der Waals surface area (Å²) in [5.41, 5.74) is 5.98. The molecule has 0 aliphatic rings. The molecule has 3 nitrogen and oxygen atoms in total. The normalized spacial score (nSPS) is 10.5. The Bertz CT molecular complexity index is 503. The number of rotatable bonds is 5. The number of hydrazine groups is 1. The summed E-state index contributed by atoms with van der Waals surface area (Å²) in [4.78, 5) is 0. The number of hydrogen-bond donors (Lipinski definition) is 2. The van der Waals surface area contributed by atoms with Crippen molar-refractivity contribution in [2.45, 2.75) is 26.4 Å². The topological polar surface area (TPSA) is 47.3 Å². The number of ether oxygens (including phenoxy) is 1. The first kappa shape index (κ1) is 13.4. The second-order valence-electron chi connectivity index (χ2n) is 4.85. The highest BCUT2D eigenvalue weighted by atomic mass is 16.5. The van der Waals surface area contributed by atoms with Gasteiger partial charge in [0, 0.05) is 5.69 Å². The lowest BCUT2D eigenvalue weighted by atomic mass is 10.0. The Morgan fingerprint density at radius 1 is 1.00 bits per heavy atom. The van der Waals surface area contributed by atoms with Crippen LogP contribution in [0.4, 0.5) is 5.69 Å². The number of anilines is 1. The first-order valence-corrected chi connectivity index (χ1v) is 6.47. The van der Waals surface area contributed by atoms with Crippen molar-refractivity contribution >= 4 is 5.69 Å². The summed E-state index contributed by atoms with van der Waals surface area (Å²) in [6.45, 7) is 4.96. The molecule has 0 aliphatic heterocycles. The maximum absolute atomic E-state index is 5.72. The van der Waals surface area contributed by atoms with Crippen LogP contribution in [0.25, 0.3) is 0 Å². The maximum Gasteiger partial charge on any atom is 0.119 e. The molecular formula is C16H20N2O. The highest BCUT2D eigenvalue weighted by Gasteiger charge is 2.00. The Labute approximate surface area is 114 Å². The molecule has 0 atom stereocenters. The number of hydrogen-bond acceptors (Lipinski definition) is 3. The van der Waals surface area contributed by atoms with E-state index in [2.05, 4.69) is 43.5 Å². The van der Waals surface area contributed by atoms with Crippen molar-refractivity contribution in [3.8, 4) is 5.75 Å². The van der Waals surface area contributed by atoms with E-state index in [0.29, 0.717) is 12.5 Å². The van der Waals surface area contributed by atoms with E-state index in [0.717, 1.165) is 11.4 Å². The Balaban J connectivity index is 1.94. The second-order valence-corrected chi connectivity index (χ2v) is 4.85. The van der Waals surface area contributed by atoms with Crippen molar-refractivity contribution in [2.24, 2.45) is 5.84 Å². The average Bonchev–Trinajstić information content (AvgIpc) is 2.46. The Morgan fingerprint density at radius 2 is 1.63 bits per heavy atom. The SMILES string of the molecule is CC(C)c1ccc(COc2ccc(NN)cc2)cc1. The molecule has 100 valence electrons. The molecule has 0 spiro atoms. The minimum absolute atomic E-state index is 0.561. The highest BCUT2D eigenvalue weighted by Crippen LogP contribution is 2.18. The van der Waals surface area contributed by atoms with Crippen molar-refractivity contribution < 1.29 is 4.74 Å². The van der Waals surface area contributed by atoms with Crippen LogP contribution in [0.15, 0.2) is 48.5 Å². The fraction of sp³-hybridized carbons (Fsp3) is 0.250. The van der Waals surface area contributed by atoms with Crippen molar-refractivity contribution in [3.05, 3.63) is 59.7 Å². The lowest BCUT2D eigenvalue weighted by Gasteiger charge is -2.09. The van der Waals surface area contributed by atoms with Gasteiger partial charge >= 0.3 is 0 Å². The van der Waals surface area contributed by atoms with Crippen LogP contribution in [-0.4, -0.2) is 0 Å². The molecule has 2 aromatic rings. The summed E-state index contributed by atoms with van der Waals surface area (Å²) in [6, 6.07) is 16.1. The third-order valence-corrected chi connectivity index (χ3v) is 3.07. The number of nitrogens with two attached hydrogens (primary N) is 1. The van der Waals surface area contributed by atoms with Gasteiger partial charge in [-0.15, -0.1) is 0 Å². The van der Waals surface area contributed by atoms with Gasteiger partial charge in [0.2, 0.25) is 0 Å². The van der Waals surface area contributed by atoms with Crippen molar-refractivity contribution in [1.82, 2.24) is 0 Å². The van der Waals surface area contributed by atoms with E-state index in [1.165, 1.54) is 11.1 Å². The molecule has 0 heterocycles. The molecule has 3 N–H and O–H groups in total. The highest BCUT2D eigenvalue weighted by molar-refractivity contribution is 5.45. The van der Waals surface area contributed by atoms with Crippen molar-refractivity contribution in [3.63, 3.8) is 0 Å². The molecule has 0 aliphatic carbocycles. The summed E-state index contributed by atoms with van der Waals surface area (Å²) in [5.74, 6) is 6.71. The predicted octanol–water partition coefficient (Wildman–Crippen LogP) is 3.67. The summed E-state index contributed by atoms with van der Waals surface area (Å²) in [5, 5.41) is 0. The van der Waals surface area contributed by atoms with Gasteiger partial charge in [0.25, 0.3) is 0 Å². The van der Waals surface area contributed by atoms with E-state index in [9.17, 15) is 0 Å². The van der Waals surface area contributed by atoms with Gasteiger partial charge in [0.15, 0.2) is 0 Å². The third kappa shape index (κ3) is 3.73. The molecule has 0 radical (unpaired) electrons. The van der Waals surface area contributed by atoms with E-state index in [1.54, 1.807) is 0 Å². The second kappa shape index (κ2) is 6.25. The van der Waals surface area contributed by atoms with Crippen LogP contribution in [0.1, 0.15) is 30.9 Å². The monoisotopic (exact) mass is 256 g/mol. The maximum atomic E-state index is 5.72. The van der Waals surface area contributed by atoms with Gasteiger partial charge in [-0.1, -0.05) is 38.1 Å². The Morgan fingerprint density at radius 3 is 2.16 bits per heavy atom. The molecule has 19 heavy (non-hydrogen) atoms. The minimum atomic E-state index is 0.561. The van der Waals surface area contributed by atoms with Crippen LogP contribution < -0.4 is 16.0 Å². The molecule has 2 rings (SSSR count). The lowest BCUT2D eigenvalue weighted by molar-refractivity contribution is 0.306. The van der Waals surface area contributed by atoms with Crippen LogP contribution in [0.3, 0.4) is 0 Å². The van der Waals surface area contributed by atoms with E-state index < -0.39 is 0 Å². The molecule has 3 heteroatoms. The molecule has 0 bridgehead atoms. The smallest absolute Gasteiger partial charge is 0.119 e. The quantitative estimate of drug-likeness (QED) is 0.633. The molecule has 0 saturated carbocycles. The minimum Gasteiger partial charge on any atom is -0.489 e. The molecule has 0 aromatic heterocycles. The number of benzene rings is 2. The standard InChI is InChI=1S/C16H20N2O/c1-12(2)14-5-3-13(4-6-14)11-19-16-9-7-15(18-17)8-10-16/h3-10,12,18H,11,17H2,1-2H3. The van der Waals surface area contributed by atoms with Gasteiger partial charge < -0.3 is 10.2 Å². The van der Waals surface area contributed by atoms with Gasteiger partial charge in [-0.05, 0) is 41.3 Å². The zero-order valence-corrected chi connectivity index (χ0v) is 11.4. The van der Waals surface area contributed by atoms with Crippen LogP contribution in [-0.2, 0) is 6.61 Å². The fourth-order valence-corrected chi connectivity index (χ4v) is 1.81.